The van der Waals surface area contributed by atoms with Gasteiger partial charge in [0.15, 0.2) is 0 Å². The van der Waals surface area contributed by atoms with E-state index in [0.717, 1.165) is 23.3 Å². The molecule has 1 aliphatic heterocycles. The quantitative estimate of drug-likeness (QED) is 0.814. The van der Waals surface area contributed by atoms with Gasteiger partial charge in [0, 0.05) is 19.6 Å². The van der Waals surface area contributed by atoms with Crippen LogP contribution in [-0.2, 0) is 16.1 Å². The van der Waals surface area contributed by atoms with E-state index in [-0.39, 0.29) is 36.7 Å². The number of aromatic hydroxyl groups is 1. The zero-order valence-electron chi connectivity index (χ0n) is 12.9. The van der Waals surface area contributed by atoms with Crippen LogP contribution in [0.4, 0.5) is 4.79 Å². The lowest BCUT2D eigenvalue weighted by molar-refractivity contribution is -0.137. The highest BCUT2D eigenvalue weighted by Crippen LogP contribution is 2.29. The van der Waals surface area contributed by atoms with Gasteiger partial charge in [-0.3, -0.25) is 14.5 Å². The maximum absolute atomic E-state index is 12.6. The number of imide groups is 1. The molecule has 23 heavy (non-hydrogen) atoms. The Labute approximate surface area is 134 Å². The fourth-order valence-corrected chi connectivity index (χ4v) is 2.71. The molecule has 2 fully saturated rings. The summed E-state index contributed by atoms with van der Waals surface area (Å²) in [5, 5.41) is 9.54. The van der Waals surface area contributed by atoms with Crippen molar-refractivity contribution >= 4 is 17.8 Å². The summed E-state index contributed by atoms with van der Waals surface area (Å²) >= 11 is 0. The van der Waals surface area contributed by atoms with Gasteiger partial charge < -0.3 is 14.9 Å². The Morgan fingerprint density at radius 3 is 2.65 bits per heavy atom. The van der Waals surface area contributed by atoms with Gasteiger partial charge in [0.2, 0.25) is 5.91 Å². The van der Waals surface area contributed by atoms with Gasteiger partial charge in [0.25, 0.3) is 5.91 Å². The monoisotopic (exact) mass is 317 g/mol. The fraction of sp³-hybridized carbons (Fsp3) is 0.438. The van der Waals surface area contributed by atoms with E-state index < -0.39 is 6.03 Å². The molecule has 1 aromatic carbocycles. The lowest BCUT2D eigenvalue weighted by Gasteiger charge is -2.24. The first-order valence-electron chi connectivity index (χ1n) is 7.58. The number of carbonyl (C=O) groups is 3. The van der Waals surface area contributed by atoms with E-state index in [0.29, 0.717) is 6.54 Å². The molecule has 1 saturated carbocycles. The number of phenols is 1. The molecule has 4 amide bonds. The van der Waals surface area contributed by atoms with Gasteiger partial charge in [-0.2, -0.15) is 0 Å². The summed E-state index contributed by atoms with van der Waals surface area (Å²) in [6.07, 6.45) is 1.85. The summed E-state index contributed by atoms with van der Waals surface area (Å²) in [4.78, 5) is 40.2. The van der Waals surface area contributed by atoms with E-state index in [1.165, 1.54) is 11.9 Å². The number of carbonyl (C=O) groups excluding carboxylic acids is 3. The molecule has 1 saturated heterocycles. The summed E-state index contributed by atoms with van der Waals surface area (Å²) in [5.74, 6) is -0.441. The van der Waals surface area contributed by atoms with Crippen LogP contribution in [0.15, 0.2) is 24.3 Å². The number of rotatable bonds is 5. The minimum atomic E-state index is -0.434. The molecule has 2 aliphatic rings. The zero-order valence-corrected chi connectivity index (χ0v) is 12.9. The van der Waals surface area contributed by atoms with Crippen molar-refractivity contribution in [1.82, 2.24) is 14.7 Å². The first kappa shape index (κ1) is 15.3. The Morgan fingerprint density at radius 1 is 1.35 bits per heavy atom. The third-order valence-electron chi connectivity index (χ3n) is 4.10. The van der Waals surface area contributed by atoms with Crippen molar-refractivity contribution < 1.29 is 19.5 Å². The normalized spacial score (nSPS) is 17.8. The van der Waals surface area contributed by atoms with E-state index in [2.05, 4.69) is 0 Å². The van der Waals surface area contributed by atoms with Crippen molar-refractivity contribution in [2.75, 3.05) is 20.1 Å². The molecule has 0 aromatic heterocycles. The topological polar surface area (TPSA) is 81.2 Å². The van der Waals surface area contributed by atoms with E-state index in [1.807, 2.05) is 6.07 Å². The maximum atomic E-state index is 12.6. The first-order valence-corrected chi connectivity index (χ1v) is 7.58. The number of urea groups is 1. The fourth-order valence-electron chi connectivity index (χ4n) is 2.71. The highest BCUT2D eigenvalue weighted by Gasteiger charge is 2.38. The second-order valence-corrected chi connectivity index (χ2v) is 6.04. The average molecular weight is 317 g/mol. The molecular formula is C16H19N3O4. The van der Waals surface area contributed by atoms with Gasteiger partial charge in [-0.1, -0.05) is 12.1 Å². The molecule has 7 nitrogen and oxygen atoms in total. The first-order chi connectivity index (χ1) is 11.0. The molecular weight excluding hydrogens is 298 g/mol. The second-order valence-electron chi connectivity index (χ2n) is 6.04. The number of phenolic OH excluding ortho intramolecular Hbond substituents is 1. The molecule has 0 unspecified atom stereocenters. The highest BCUT2D eigenvalue weighted by molar-refractivity contribution is 6.04. The van der Waals surface area contributed by atoms with Crippen molar-refractivity contribution in [3.63, 3.8) is 0 Å². The van der Waals surface area contributed by atoms with Crippen molar-refractivity contribution in [3.05, 3.63) is 29.8 Å². The largest absolute Gasteiger partial charge is 0.508 e. The summed E-state index contributed by atoms with van der Waals surface area (Å²) in [5.41, 5.74) is 0.821. The van der Waals surface area contributed by atoms with Gasteiger partial charge in [0.1, 0.15) is 18.8 Å². The number of likely N-dealkylation sites (N-methyl/N-ethyl adjacent to an activating group) is 1. The molecule has 0 bridgehead atoms. The van der Waals surface area contributed by atoms with E-state index in [4.69, 9.17) is 0 Å². The number of benzene rings is 1. The third-order valence-corrected chi connectivity index (χ3v) is 4.10. The number of hydrogen-bond donors (Lipinski definition) is 1. The molecule has 1 aromatic rings. The Balaban J connectivity index is 1.70. The van der Waals surface area contributed by atoms with E-state index in [9.17, 15) is 19.5 Å². The van der Waals surface area contributed by atoms with Crippen LogP contribution in [0.25, 0.3) is 0 Å². The molecule has 0 spiro atoms. The minimum absolute atomic E-state index is 0.0160. The summed E-state index contributed by atoms with van der Waals surface area (Å²) in [7, 11) is 1.54. The van der Waals surface area contributed by atoms with Crippen molar-refractivity contribution in [1.29, 1.82) is 0 Å². The highest BCUT2D eigenvalue weighted by atomic mass is 16.3. The predicted octanol–water partition coefficient (Wildman–Crippen LogP) is 0.777. The van der Waals surface area contributed by atoms with Crippen LogP contribution in [-0.4, -0.2) is 63.8 Å². The Kier molecular flexibility index (Phi) is 3.94. The molecule has 122 valence electrons. The molecule has 1 heterocycles. The molecule has 7 heteroatoms. The van der Waals surface area contributed by atoms with Gasteiger partial charge in [0.05, 0.1) is 0 Å². The summed E-state index contributed by atoms with van der Waals surface area (Å²) in [6, 6.07) is 6.46. The smallest absolute Gasteiger partial charge is 0.327 e. The van der Waals surface area contributed by atoms with Gasteiger partial charge in [-0.25, -0.2) is 4.79 Å². The van der Waals surface area contributed by atoms with Crippen molar-refractivity contribution in [3.8, 4) is 5.75 Å². The van der Waals surface area contributed by atoms with Gasteiger partial charge >= 0.3 is 6.03 Å². The van der Waals surface area contributed by atoms with Crippen LogP contribution in [0, 0.1) is 0 Å². The zero-order chi connectivity index (χ0) is 16.6. The van der Waals surface area contributed by atoms with Crippen LogP contribution in [0.2, 0.25) is 0 Å². The standard InChI is InChI=1S/C16H19N3O4/c1-17-9-14(21)19(16(17)23)10-15(22)18(12-5-6-12)8-11-3-2-4-13(20)7-11/h2-4,7,12,20H,5-6,8-10H2,1H3. The van der Waals surface area contributed by atoms with E-state index in [1.54, 1.807) is 23.1 Å². The average Bonchev–Trinajstić information content (AvgIpc) is 3.30. The number of hydrogen-bond acceptors (Lipinski definition) is 4. The van der Waals surface area contributed by atoms with Crippen LogP contribution < -0.4 is 0 Å². The molecule has 1 N–H and O–H groups in total. The second kappa shape index (κ2) is 5.91. The Bertz CT molecular complexity index is 656. The van der Waals surface area contributed by atoms with Gasteiger partial charge in [-0.05, 0) is 30.5 Å². The lowest BCUT2D eigenvalue weighted by atomic mass is 10.2. The van der Waals surface area contributed by atoms with Crippen LogP contribution >= 0.6 is 0 Å². The van der Waals surface area contributed by atoms with Crippen LogP contribution in [0.5, 0.6) is 5.75 Å². The van der Waals surface area contributed by atoms with E-state index >= 15 is 0 Å². The lowest BCUT2D eigenvalue weighted by Crippen LogP contribution is -2.43. The maximum Gasteiger partial charge on any atom is 0.327 e. The van der Waals surface area contributed by atoms with Crippen molar-refractivity contribution in [2.24, 2.45) is 0 Å². The Hall–Kier alpha value is -2.57. The molecule has 0 atom stereocenters. The molecule has 3 rings (SSSR count). The SMILES string of the molecule is CN1CC(=O)N(CC(=O)N(Cc2cccc(O)c2)C2CC2)C1=O. The minimum Gasteiger partial charge on any atom is -0.508 e. The van der Waals surface area contributed by atoms with Crippen LogP contribution in [0.3, 0.4) is 0 Å². The number of amides is 4. The molecule has 0 radical (unpaired) electrons. The Morgan fingerprint density at radius 2 is 2.09 bits per heavy atom. The van der Waals surface area contributed by atoms with Gasteiger partial charge in [-0.15, -0.1) is 0 Å². The summed E-state index contributed by atoms with van der Waals surface area (Å²) in [6.45, 7) is 0.156. The molecule has 1 aliphatic carbocycles. The third kappa shape index (κ3) is 3.28. The number of nitrogens with zero attached hydrogens (tertiary/aromatic N) is 3. The van der Waals surface area contributed by atoms with Crippen molar-refractivity contribution in [2.45, 2.75) is 25.4 Å². The predicted molar refractivity (Wildman–Crippen MR) is 81.4 cm³/mol. The summed E-state index contributed by atoms with van der Waals surface area (Å²) < 4.78 is 0. The van der Waals surface area contributed by atoms with Crippen LogP contribution in [0.1, 0.15) is 18.4 Å².